The second-order valence-electron chi connectivity index (χ2n) is 8.10. The highest BCUT2D eigenvalue weighted by atomic mass is 28.4. The molecule has 0 atom stereocenters. The fourth-order valence-corrected chi connectivity index (χ4v) is 3.20. The van der Waals surface area contributed by atoms with Gasteiger partial charge in [-0.15, -0.1) is 0 Å². The Balaban J connectivity index is 1.96. The van der Waals surface area contributed by atoms with E-state index in [-0.39, 0.29) is 10.8 Å². The van der Waals surface area contributed by atoms with Crippen LogP contribution in [0.1, 0.15) is 31.9 Å². The second kappa shape index (κ2) is 8.14. The maximum Gasteiger partial charge on any atom is 0.192 e. The van der Waals surface area contributed by atoms with Crippen molar-refractivity contribution in [2.45, 2.75) is 52.1 Å². The standard InChI is InChI=1S/C21H31NO3Si/c1-21(2,3)26(5,6)25-15-17-9-12-19(20(23)13-17)22-14-16-7-10-18(24-4)11-8-16/h7-13,22-23H,14-15H2,1-6H3. The van der Waals surface area contributed by atoms with E-state index < -0.39 is 8.32 Å². The van der Waals surface area contributed by atoms with Crippen LogP contribution in [0.5, 0.6) is 11.5 Å². The summed E-state index contributed by atoms with van der Waals surface area (Å²) in [4.78, 5) is 0. The van der Waals surface area contributed by atoms with Gasteiger partial charge in [-0.3, -0.25) is 0 Å². The van der Waals surface area contributed by atoms with Crippen LogP contribution >= 0.6 is 0 Å². The summed E-state index contributed by atoms with van der Waals surface area (Å²) in [5.41, 5.74) is 2.83. The Morgan fingerprint density at radius 2 is 1.62 bits per heavy atom. The molecule has 2 N–H and O–H groups in total. The molecule has 2 aromatic carbocycles. The molecular weight excluding hydrogens is 342 g/mol. The molecule has 0 spiro atoms. The van der Waals surface area contributed by atoms with Gasteiger partial charge in [0.2, 0.25) is 0 Å². The highest BCUT2D eigenvalue weighted by molar-refractivity contribution is 6.74. The SMILES string of the molecule is COc1ccc(CNc2ccc(CO[Si](C)(C)C(C)(C)C)cc2O)cc1. The lowest BCUT2D eigenvalue weighted by Crippen LogP contribution is -2.40. The van der Waals surface area contributed by atoms with Gasteiger partial charge in [0.25, 0.3) is 0 Å². The molecule has 2 aromatic rings. The Morgan fingerprint density at radius 1 is 1.00 bits per heavy atom. The first-order valence-corrected chi connectivity index (χ1v) is 11.9. The molecule has 0 saturated heterocycles. The van der Waals surface area contributed by atoms with Crippen LogP contribution in [0.15, 0.2) is 42.5 Å². The van der Waals surface area contributed by atoms with Gasteiger partial charge >= 0.3 is 0 Å². The molecule has 0 aliphatic heterocycles. The van der Waals surface area contributed by atoms with Crippen molar-refractivity contribution in [3.63, 3.8) is 0 Å². The zero-order valence-corrected chi connectivity index (χ0v) is 17.7. The van der Waals surface area contributed by atoms with E-state index in [1.165, 1.54) is 0 Å². The Bertz CT molecular complexity index is 721. The van der Waals surface area contributed by atoms with Crippen molar-refractivity contribution in [2.75, 3.05) is 12.4 Å². The molecule has 5 heteroatoms. The van der Waals surface area contributed by atoms with E-state index in [1.807, 2.05) is 36.4 Å². The van der Waals surface area contributed by atoms with Gasteiger partial charge in [0.05, 0.1) is 19.4 Å². The first kappa shape index (κ1) is 20.3. The number of phenolic OH excluding ortho intramolecular Hbond substituents is 1. The quantitative estimate of drug-likeness (QED) is 0.494. The minimum atomic E-state index is -1.79. The zero-order valence-electron chi connectivity index (χ0n) is 16.7. The van der Waals surface area contributed by atoms with Crippen LogP contribution in [-0.4, -0.2) is 20.5 Å². The van der Waals surface area contributed by atoms with E-state index in [0.717, 1.165) is 22.6 Å². The molecule has 0 bridgehead atoms. The van der Waals surface area contributed by atoms with E-state index >= 15 is 0 Å². The van der Waals surface area contributed by atoms with Gasteiger partial charge in [0.15, 0.2) is 8.32 Å². The van der Waals surface area contributed by atoms with Gasteiger partial charge in [0.1, 0.15) is 11.5 Å². The predicted molar refractivity (Wildman–Crippen MR) is 110 cm³/mol. The lowest BCUT2D eigenvalue weighted by Gasteiger charge is -2.36. The van der Waals surface area contributed by atoms with Crippen molar-refractivity contribution in [1.29, 1.82) is 0 Å². The number of nitrogens with one attached hydrogen (secondary N) is 1. The number of methoxy groups -OCH3 is 1. The number of hydrogen-bond acceptors (Lipinski definition) is 4. The van der Waals surface area contributed by atoms with Crippen molar-refractivity contribution in [3.05, 3.63) is 53.6 Å². The topological polar surface area (TPSA) is 50.7 Å². The third-order valence-corrected chi connectivity index (χ3v) is 9.59. The molecule has 0 aromatic heterocycles. The van der Waals surface area contributed by atoms with Crippen molar-refractivity contribution in [3.8, 4) is 11.5 Å². The Morgan fingerprint density at radius 3 is 2.15 bits per heavy atom. The zero-order chi connectivity index (χ0) is 19.4. The predicted octanol–water partition coefficient (Wildman–Crippen LogP) is 5.53. The first-order chi connectivity index (χ1) is 12.1. The van der Waals surface area contributed by atoms with Gasteiger partial charge in [-0.1, -0.05) is 39.0 Å². The molecule has 0 fully saturated rings. The molecule has 0 heterocycles. The van der Waals surface area contributed by atoms with Gasteiger partial charge in [-0.25, -0.2) is 0 Å². The first-order valence-electron chi connectivity index (χ1n) is 8.95. The lowest BCUT2D eigenvalue weighted by atomic mass is 10.1. The van der Waals surface area contributed by atoms with Crippen LogP contribution in [0, 0.1) is 0 Å². The van der Waals surface area contributed by atoms with Gasteiger partial charge in [0, 0.05) is 6.54 Å². The summed E-state index contributed by atoms with van der Waals surface area (Å²) in [6.45, 7) is 12.3. The number of rotatable bonds is 7. The van der Waals surface area contributed by atoms with E-state index in [2.05, 4.69) is 39.2 Å². The maximum absolute atomic E-state index is 10.3. The van der Waals surface area contributed by atoms with E-state index in [1.54, 1.807) is 13.2 Å². The molecule has 4 nitrogen and oxygen atoms in total. The van der Waals surface area contributed by atoms with Gasteiger partial charge in [-0.2, -0.15) is 0 Å². The molecule has 0 aliphatic carbocycles. The maximum atomic E-state index is 10.3. The number of anilines is 1. The molecule has 0 saturated carbocycles. The fourth-order valence-electron chi connectivity index (χ4n) is 2.24. The molecule has 26 heavy (non-hydrogen) atoms. The minimum Gasteiger partial charge on any atom is -0.506 e. The lowest BCUT2D eigenvalue weighted by molar-refractivity contribution is 0.276. The van der Waals surface area contributed by atoms with Gasteiger partial charge < -0.3 is 19.6 Å². The molecule has 142 valence electrons. The summed E-state index contributed by atoms with van der Waals surface area (Å²) in [7, 11) is -0.139. The summed E-state index contributed by atoms with van der Waals surface area (Å²) in [6.07, 6.45) is 0. The van der Waals surface area contributed by atoms with Crippen LogP contribution < -0.4 is 10.1 Å². The third kappa shape index (κ3) is 5.26. The average molecular weight is 374 g/mol. The molecule has 0 unspecified atom stereocenters. The van der Waals surface area contributed by atoms with Crippen LogP contribution in [0.2, 0.25) is 18.1 Å². The Hall–Kier alpha value is -1.98. The van der Waals surface area contributed by atoms with Crippen LogP contribution in [0.3, 0.4) is 0 Å². The number of phenols is 1. The van der Waals surface area contributed by atoms with E-state index in [0.29, 0.717) is 13.2 Å². The average Bonchev–Trinajstić information content (AvgIpc) is 2.58. The monoisotopic (exact) mass is 373 g/mol. The smallest absolute Gasteiger partial charge is 0.192 e. The van der Waals surface area contributed by atoms with E-state index in [4.69, 9.17) is 9.16 Å². The second-order valence-corrected chi connectivity index (χ2v) is 12.9. The highest BCUT2D eigenvalue weighted by Crippen LogP contribution is 2.37. The van der Waals surface area contributed by atoms with Crippen LogP contribution in [0.25, 0.3) is 0 Å². The third-order valence-electron chi connectivity index (χ3n) is 5.11. The summed E-state index contributed by atoms with van der Waals surface area (Å²) < 4.78 is 11.4. The number of aromatic hydroxyl groups is 1. The van der Waals surface area contributed by atoms with Crippen LogP contribution in [-0.2, 0) is 17.6 Å². The van der Waals surface area contributed by atoms with Crippen LogP contribution in [0.4, 0.5) is 5.69 Å². The van der Waals surface area contributed by atoms with E-state index in [9.17, 15) is 5.11 Å². The summed E-state index contributed by atoms with van der Waals surface area (Å²) >= 11 is 0. The molecular formula is C21H31NO3Si. The van der Waals surface area contributed by atoms with Gasteiger partial charge in [-0.05, 0) is 53.5 Å². The number of hydrogen-bond donors (Lipinski definition) is 2. The molecule has 0 radical (unpaired) electrons. The number of benzene rings is 2. The Labute approximate surface area is 158 Å². The van der Waals surface area contributed by atoms with Crippen molar-refractivity contribution in [2.24, 2.45) is 0 Å². The molecule has 0 aliphatic rings. The largest absolute Gasteiger partial charge is 0.506 e. The summed E-state index contributed by atoms with van der Waals surface area (Å²) in [6, 6.07) is 13.6. The van der Waals surface area contributed by atoms with Crippen molar-refractivity contribution >= 4 is 14.0 Å². The highest BCUT2D eigenvalue weighted by Gasteiger charge is 2.37. The fraction of sp³-hybridized carbons (Fsp3) is 0.429. The van der Waals surface area contributed by atoms with Crippen molar-refractivity contribution < 1.29 is 14.3 Å². The Kier molecular flexibility index (Phi) is 6.37. The van der Waals surface area contributed by atoms with Crippen molar-refractivity contribution in [1.82, 2.24) is 0 Å². The number of ether oxygens (including phenoxy) is 1. The summed E-state index contributed by atoms with van der Waals surface area (Å²) in [5.74, 6) is 1.08. The normalized spacial score (nSPS) is 12.1. The minimum absolute atomic E-state index is 0.176. The summed E-state index contributed by atoms with van der Waals surface area (Å²) in [5, 5.41) is 13.8. The molecule has 2 rings (SSSR count). The molecule has 0 amide bonds.